The predicted octanol–water partition coefficient (Wildman–Crippen LogP) is 2.41. The average Bonchev–Trinajstić information content (AvgIpc) is 2.86. The van der Waals surface area contributed by atoms with Crippen LogP contribution >= 0.6 is 11.6 Å². The Morgan fingerprint density at radius 1 is 1.53 bits per heavy atom. The summed E-state index contributed by atoms with van der Waals surface area (Å²) >= 11 is 6.07. The molecule has 1 aliphatic rings. The maximum absolute atomic E-state index is 6.07. The van der Waals surface area contributed by atoms with Crippen LogP contribution in [0.3, 0.4) is 0 Å². The standard InChI is InChI=1S/C11H12ClN3/c12-8-3-2-6-15-7-10(14-11(8)15)9-4-1-5-13-9/h2-3,6-7,9,13H,1,4-5H2. The third-order valence-corrected chi connectivity index (χ3v) is 3.17. The Morgan fingerprint density at radius 2 is 2.47 bits per heavy atom. The molecule has 4 heteroatoms. The minimum Gasteiger partial charge on any atom is -0.309 e. The van der Waals surface area contributed by atoms with E-state index in [1.165, 1.54) is 12.8 Å². The van der Waals surface area contributed by atoms with Crippen LogP contribution in [0.4, 0.5) is 0 Å². The molecule has 15 heavy (non-hydrogen) atoms. The Morgan fingerprint density at radius 3 is 3.20 bits per heavy atom. The number of aromatic nitrogens is 2. The number of hydrogen-bond acceptors (Lipinski definition) is 2. The van der Waals surface area contributed by atoms with Gasteiger partial charge >= 0.3 is 0 Å². The number of imidazole rings is 1. The zero-order valence-corrected chi connectivity index (χ0v) is 9.04. The van der Waals surface area contributed by atoms with E-state index in [4.69, 9.17) is 11.6 Å². The highest BCUT2D eigenvalue weighted by atomic mass is 35.5. The molecule has 3 rings (SSSR count). The summed E-state index contributed by atoms with van der Waals surface area (Å²) in [6.07, 6.45) is 6.44. The number of fused-ring (bicyclic) bond motifs is 1. The Balaban J connectivity index is 2.09. The van der Waals surface area contributed by atoms with Crippen LogP contribution in [-0.2, 0) is 0 Å². The highest BCUT2D eigenvalue weighted by Crippen LogP contribution is 2.24. The van der Waals surface area contributed by atoms with Crippen LogP contribution in [0.5, 0.6) is 0 Å². The molecule has 1 atom stereocenters. The van der Waals surface area contributed by atoms with Crippen LogP contribution in [0.25, 0.3) is 5.65 Å². The third-order valence-electron chi connectivity index (χ3n) is 2.87. The number of nitrogens with zero attached hydrogens (tertiary/aromatic N) is 2. The van der Waals surface area contributed by atoms with E-state index in [2.05, 4.69) is 16.5 Å². The fraction of sp³-hybridized carbons (Fsp3) is 0.364. The SMILES string of the molecule is Clc1cccn2cc(C3CCCN3)nc12. The molecular formula is C11H12ClN3. The highest BCUT2D eigenvalue weighted by Gasteiger charge is 2.19. The van der Waals surface area contributed by atoms with Gasteiger partial charge in [0.1, 0.15) is 0 Å². The van der Waals surface area contributed by atoms with Gasteiger partial charge in [0.2, 0.25) is 0 Å². The molecule has 0 amide bonds. The van der Waals surface area contributed by atoms with E-state index in [0.29, 0.717) is 11.1 Å². The molecule has 1 N–H and O–H groups in total. The summed E-state index contributed by atoms with van der Waals surface area (Å²) in [5.74, 6) is 0. The van der Waals surface area contributed by atoms with Crippen LogP contribution in [-0.4, -0.2) is 15.9 Å². The van der Waals surface area contributed by atoms with Gasteiger partial charge in [-0.1, -0.05) is 11.6 Å². The van der Waals surface area contributed by atoms with Gasteiger partial charge < -0.3 is 9.72 Å². The quantitative estimate of drug-likeness (QED) is 0.802. The van der Waals surface area contributed by atoms with E-state index in [0.717, 1.165) is 17.9 Å². The number of pyridine rings is 1. The smallest absolute Gasteiger partial charge is 0.155 e. The summed E-state index contributed by atoms with van der Waals surface area (Å²) in [5, 5.41) is 4.14. The van der Waals surface area contributed by atoms with Crippen molar-refractivity contribution >= 4 is 17.2 Å². The molecule has 2 aromatic heterocycles. The van der Waals surface area contributed by atoms with Crippen molar-refractivity contribution in [3.05, 3.63) is 35.2 Å². The van der Waals surface area contributed by atoms with Gasteiger partial charge in [0.25, 0.3) is 0 Å². The predicted molar refractivity (Wildman–Crippen MR) is 60.2 cm³/mol. The minimum atomic E-state index is 0.404. The van der Waals surface area contributed by atoms with Gasteiger partial charge in [-0.05, 0) is 31.5 Å². The van der Waals surface area contributed by atoms with Gasteiger partial charge in [-0.15, -0.1) is 0 Å². The summed E-state index contributed by atoms with van der Waals surface area (Å²) in [6.45, 7) is 1.09. The Hall–Kier alpha value is -1.06. The molecule has 2 aromatic rings. The van der Waals surface area contributed by atoms with Crippen molar-refractivity contribution in [3.63, 3.8) is 0 Å². The molecule has 1 unspecified atom stereocenters. The average molecular weight is 222 g/mol. The molecule has 1 fully saturated rings. The van der Waals surface area contributed by atoms with Gasteiger partial charge in [-0.3, -0.25) is 0 Å². The number of nitrogens with one attached hydrogen (secondary N) is 1. The molecule has 0 radical (unpaired) electrons. The first kappa shape index (κ1) is 9.19. The molecule has 3 heterocycles. The largest absolute Gasteiger partial charge is 0.309 e. The molecular weight excluding hydrogens is 210 g/mol. The van der Waals surface area contributed by atoms with Crippen molar-refractivity contribution in [1.82, 2.24) is 14.7 Å². The fourth-order valence-electron chi connectivity index (χ4n) is 2.10. The maximum atomic E-state index is 6.07. The molecule has 0 aromatic carbocycles. The Labute approximate surface area is 93.1 Å². The summed E-state index contributed by atoms with van der Waals surface area (Å²) in [5.41, 5.74) is 1.95. The maximum Gasteiger partial charge on any atom is 0.155 e. The zero-order valence-electron chi connectivity index (χ0n) is 8.28. The highest BCUT2D eigenvalue weighted by molar-refractivity contribution is 6.33. The zero-order chi connectivity index (χ0) is 10.3. The van der Waals surface area contributed by atoms with Crippen molar-refractivity contribution < 1.29 is 0 Å². The van der Waals surface area contributed by atoms with Gasteiger partial charge in [-0.2, -0.15) is 0 Å². The number of rotatable bonds is 1. The topological polar surface area (TPSA) is 29.3 Å². The lowest BCUT2D eigenvalue weighted by molar-refractivity contribution is 0.632. The minimum absolute atomic E-state index is 0.404. The van der Waals surface area contributed by atoms with E-state index in [9.17, 15) is 0 Å². The van der Waals surface area contributed by atoms with Crippen LogP contribution in [0, 0.1) is 0 Å². The van der Waals surface area contributed by atoms with Crippen molar-refractivity contribution in [2.75, 3.05) is 6.54 Å². The lowest BCUT2D eigenvalue weighted by Crippen LogP contribution is -2.12. The summed E-state index contributed by atoms with van der Waals surface area (Å²) in [6, 6.07) is 4.21. The molecule has 0 spiro atoms. The second-order valence-electron chi connectivity index (χ2n) is 3.90. The van der Waals surface area contributed by atoms with E-state index in [1.54, 1.807) is 0 Å². The Kier molecular flexibility index (Phi) is 2.15. The van der Waals surface area contributed by atoms with E-state index >= 15 is 0 Å². The van der Waals surface area contributed by atoms with Crippen molar-refractivity contribution in [2.24, 2.45) is 0 Å². The third kappa shape index (κ3) is 1.52. The van der Waals surface area contributed by atoms with Gasteiger partial charge in [0, 0.05) is 12.4 Å². The first-order chi connectivity index (χ1) is 7.34. The van der Waals surface area contributed by atoms with E-state index in [-0.39, 0.29) is 0 Å². The first-order valence-corrected chi connectivity index (χ1v) is 5.59. The molecule has 78 valence electrons. The van der Waals surface area contributed by atoms with Crippen LogP contribution in [0.15, 0.2) is 24.5 Å². The molecule has 0 bridgehead atoms. The normalized spacial score (nSPS) is 21.3. The molecule has 3 nitrogen and oxygen atoms in total. The first-order valence-electron chi connectivity index (χ1n) is 5.21. The molecule has 0 saturated carbocycles. The van der Waals surface area contributed by atoms with Crippen LogP contribution < -0.4 is 5.32 Å². The van der Waals surface area contributed by atoms with Gasteiger partial charge in [-0.25, -0.2) is 4.98 Å². The molecule has 1 aliphatic heterocycles. The van der Waals surface area contributed by atoms with Gasteiger partial charge in [0.05, 0.1) is 16.8 Å². The van der Waals surface area contributed by atoms with E-state index in [1.807, 2.05) is 22.7 Å². The second-order valence-corrected chi connectivity index (χ2v) is 4.31. The molecule has 1 saturated heterocycles. The molecule has 0 aliphatic carbocycles. The fourth-order valence-corrected chi connectivity index (χ4v) is 2.32. The van der Waals surface area contributed by atoms with Gasteiger partial charge in [0.15, 0.2) is 5.65 Å². The number of halogens is 1. The monoisotopic (exact) mass is 221 g/mol. The number of hydrogen-bond donors (Lipinski definition) is 1. The van der Waals surface area contributed by atoms with Crippen molar-refractivity contribution in [1.29, 1.82) is 0 Å². The second kappa shape index (κ2) is 3.51. The van der Waals surface area contributed by atoms with Crippen LogP contribution in [0.2, 0.25) is 5.02 Å². The summed E-state index contributed by atoms with van der Waals surface area (Å²) in [4.78, 5) is 4.56. The van der Waals surface area contributed by atoms with Crippen LogP contribution in [0.1, 0.15) is 24.6 Å². The van der Waals surface area contributed by atoms with Crippen molar-refractivity contribution in [2.45, 2.75) is 18.9 Å². The lowest BCUT2D eigenvalue weighted by atomic mass is 10.2. The Bertz CT molecular complexity index is 486. The summed E-state index contributed by atoms with van der Waals surface area (Å²) < 4.78 is 1.98. The summed E-state index contributed by atoms with van der Waals surface area (Å²) in [7, 11) is 0. The van der Waals surface area contributed by atoms with E-state index < -0.39 is 0 Å². The lowest BCUT2D eigenvalue weighted by Gasteiger charge is -2.04. The van der Waals surface area contributed by atoms with Crippen molar-refractivity contribution in [3.8, 4) is 0 Å².